The molecular weight excluding hydrogens is 430 g/mol. The third kappa shape index (κ3) is 4.30. The first-order valence-corrected chi connectivity index (χ1v) is 11.1. The molecule has 1 aromatic heterocycles. The van der Waals surface area contributed by atoms with E-state index >= 15 is 0 Å². The van der Waals surface area contributed by atoms with E-state index in [1.165, 1.54) is 0 Å². The molecule has 4 aromatic rings. The number of urea groups is 1. The van der Waals surface area contributed by atoms with Gasteiger partial charge in [0.15, 0.2) is 0 Å². The van der Waals surface area contributed by atoms with Crippen molar-refractivity contribution in [1.82, 2.24) is 14.9 Å². The number of anilines is 2. The number of hydrogen-bond donors (Lipinski definition) is 2. The fourth-order valence-corrected chi connectivity index (χ4v) is 4.20. The number of carbonyl (C=O) groups excluding carboxylic acids is 2. The number of benzene rings is 3. The summed E-state index contributed by atoms with van der Waals surface area (Å²) in [6.45, 7) is 1.15. The van der Waals surface area contributed by atoms with E-state index < -0.39 is 6.04 Å². The van der Waals surface area contributed by atoms with Crippen molar-refractivity contribution in [3.05, 3.63) is 84.4 Å². The zero-order valence-corrected chi connectivity index (χ0v) is 18.8. The normalized spacial score (nSPS) is 13.4. The molecule has 172 valence electrons. The summed E-state index contributed by atoms with van der Waals surface area (Å²) in [5.74, 6) is 0.918. The molecule has 8 heteroatoms. The minimum atomic E-state index is -0.778. The van der Waals surface area contributed by atoms with E-state index in [-0.39, 0.29) is 11.9 Å². The minimum absolute atomic E-state index is 0.307. The standard InChI is InChI=1S/C26H25N5O3/c1-34-20-11-7-10-19(17-20)27-24(32)22(16-18-8-3-2-4-9-18)29-26(33)31-15-14-30-23-13-6-5-12-21(23)28-25(30)31/h2-13,17,22H,14-16H2,1H3,(H,27,32)(H,29,33)/t22-/m1/s1. The second-order valence-electron chi connectivity index (χ2n) is 8.12. The molecule has 0 fully saturated rings. The maximum absolute atomic E-state index is 13.3. The molecule has 8 nitrogen and oxygen atoms in total. The second kappa shape index (κ2) is 9.27. The van der Waals surface area contributed by atoms with Gasteiger partial charge in [-0.2, -0.15) is 0 Å². The van der Waals surface area contributed by atoms with Crippen LogP contribution in [0.2, 0.25) is 0 Å². The maximum atomic E-state index is 13.3. The van der Waals surface area contributed by atoms with Gasteiger partial charge in [-0.25, -0.2) is 9.78 Å². The Morgan fingerprint density at radius 3 is 2.62 bits per heavy atom. The molecular formula is C26H25N5O3. The number of nitrogens with zero attached hydrogens (tertiary/aromatic N) is 3. The lowest BCUT2D eigenvalue weighted by molar-refractivity contribution is -0.117. The van der Waals surface area contributed by atoms with Crippen molar-refractivity contribution in [1.29, 1.82) is 0 Å². The first kappa shape index (κ1) is 21.5. The maximum Gasteiger partial charge on any atom is 0.324 e. The highest BCUT2D eigenvalue weighted by Crippen LogP contribution is 2.27. The number of ether oxygens (including phenoxy) is 1. The monoisotopic (exact) mass is 455 g/mol. The predicted octanol–water partition coefficient (Wildman–Crippen LogP) is 3.82. The molecule has 0 saturated carbocycles. The zero-order chi connectivity index (χ0) is 23.5. The second-order valence-corrected chi connectivity index (χ2v) is 8.12. The van der Waals surface area contributed by atoms with E-state index in [4.69, 9.17) is 4.74 Å². The molecule has 1 aliphatic heterocycles. The van der Waals surface area contributed by atoms with Gasteiger partial charge in [0, 0.05) is 31.3 Å². The molecule has 5 rings (SSSR count). The number of fused-ring (bicyclic) bond motifs is 3. The molecule has 34 heavy (non-hydrogen) atoms. The van der Waals surface area contributed by atoms with Crippen molar-refractivity contribution in [3.63, 3.8) is 0 Å². The summed E-state index contributed by atoms with van der Waals surface area (Å²) in [4.78, 5) is 32.8. The Labute approximate surface area is 197 Å². The summed E-state index contributed by atoms with van der Waals surface area (Å²) >= 11 is 0. The van der Waals surface area contributed by atoms with Crippen LogP contribution in [0.3, 0.4) is 0 Å². The molecule has 1 aliphatic rings. The Bertz CT molecular complexity index is 1330. The predicted molar refractivity (Wildman–Crippen MR) is 131 cm³/mol. The number of para-hydroxylation sites is 2. The van der Waals surface area contributed by atoms with Gasteiger partial charge >= 0.3 is 6.03 Å². The quantitative estimate of drug-likeness (QED) is 0.463. The Hall–Kier alpha value is -4.33. The van der Waals surface area contributed by atoms with Crippen LogP contribution in [0.25, 0.3) is 11.0 Å². The first-order chi connectivity index (χ1) is 16.6. The SMILES string of the molecule is COc1cccc(NC(=O)[C@@H](Cc2ccccc2)NC(=O)N2CCn3c2nc2ccccc23)c1. The van der Waals surface area contributed by atoms with Crippen molar-refractivity contribution < 1.29 is 14.3 Å². The molecule has 0 spiro atoms. The Morgan fingerprint density at radius 2 is 1.79 bits per heavy atom. The highest BCUT2D eigenvalue weighted by Gasteiger charge is 2.31. The fourth-order valence-electron chi connectivity index (χ4n) is 4.20. The lowest BCUT2D eigenvalue weighted by Gasteiger charge is -2.22. The Balaban J connectivity index is 1.37. The molecule has 1 atom stereocenters. The molecule has 3 amide bonds. The van der Waals surface area contributed by atoms with Gasteiger partial charge < -0.3 is 19.9 Å². The topological polar surface area (TPSA) is 88.5 Å². The Morgan fingerprint density at radius 1 is 1.00 bits per heavy atom. The molecule has 0 unspecified atom stereocenters. The molecule has 2 heterocycles. The highest BCUT2D eigenvalue weighted by molar-refractivity contribution is 6.00. The fraction of sp³-hybridized carbons (Fsp3) is 0.192. The van der Waals surface area contributed by atoms with Crippen LogP contribution in [0, 0.1) is 0 Å². The smallest absolute Gasteiger partial charge is 0.324 e. The lowest BCUT2D eigenvalue weighted by Crippen LogP contribution is -2.50. The van der Waals surface area contributed by atoms with E-state index in [0.717, 1.165) is 16.6 Å². The van der Waals surface area contributed by atoms with E-state index in [0.29, 0.717) is 36.9 Å². The van der Waals surface area contributed by atoms with Gasteiger partial charge in [0.25, 0.3) is 0 Å². The third-order valence-corrected chi connectivity index (χ3v) is 5.90. The summed E-state index contributed by atoms with van der Waals surface area (Å²) in [7, 11) is 1.57. The lowest BCUT2D eigenvalue weighted by atomic mass is 10.1. The van der Waals surface area contributed by atoms with Gasteiger partial charge in [-0.1, -0.05) is 48.5 Å². The average molecular weight is 456 g/mol. The number of nitrogens with one attached hydrogen (secondary N) is 2. The number of methoxy groups -OCH3 is 1. The summed E-state index contributed by atoms with van der Waals surface area (Å²) < 4.78 is 7.27. The number of amides is 3. The summed E-state index contributed by atoms with van der Waals surface area (Å²) in [6, 6.07) is 23.4. The Kier molecular flexibility index (Phi) is 5.86. The minimum Gasteiger partial charge on any atom is -0.497 e. The molecule has 0 bridgehead atoms. The van der Waals surface area contributed by atoms with Gasteiger partial charge in [0.1, 0.15) is 11.8 Å². The number of aromatic nitrogens is 2. The summed E-state index contributed by atoms with van der Waals surface area (Å²) in [5.41, 5.74) is 3.37. The van der Waals surface area contributed by atoms with Crippen LogP contribution in [-0.4, -0.2) is 41.2 Å². The van der Waals surface area contributed by atoms with Crippen LogP contribution in [0.1, 0.15) is 5.56 Å². The summed E-state index contributed by atoms with van der Waals surface area (Å²) in [5, 5.41) is 5.83. The zero-order valence-electron chi connectivity index (χ0n) is 18.8. The number of rotatable bonds is 6. The van der Waals surface area contributed by atoms with Crippen molar-refractivity contribution in [2.75, 3.05) is 23.9 Å². The van der Waals surface area contributed by atoms with Crippen molar-refractivity contribution in [3.8, 4) is 5.75 Å². The number of imidazole rings is 1. The van der Waals surface area contributed by atoms with Crippen LogP contribution in [0.5, 0.6) is 5.75 Å². The molecule has 0 radical (unpaired) electrons. The summed E-state index contributed by atoms with van der Waals surface area (Å²) in [6.07, 6.45) is 0.354. The molecule has 0 aliphatic carbocycles. The van der Waals surface area contributed by atoms with Gasteiger partial charge in [-0.05, 0) is 29.8 Å². The van der Waals surface area contributed by atoms with Crippen LogP contribution in [0.4, 0.5) is 16.4 Å². The van der Waals surface area contributed by atoms with E-state index in [1.807, 2.05) is 59.2 Å². The largest absolute Gasteiger partial charge is 0.497 e. The molecule has 2 N–H and O–H groups in total. The van der Waals surface area contributed by atoms with Crippen molar-refractivity contribution >= 4 is 34.6 Å². The molecule has 3 aromatic carbocycles. The number of hydrogen-bond acceptors (Lipinski definition) is 4. The highest BCUT2D eigenvalue weighted by atomic mass is 16.5. The number of carbonyl (C=O) groups is 2. The molecule has 0 saturated heterocycles. The van der Waals surface area contributed by atoms with E-state index in [9.17, 15) is 9.59 Å². The van der Waals surface area contributed by atoms with Crippen molar-refractivity contribution in [2.24, 2.45) is 0 Å². The van der Waals surface area contributed by atoms with Gasteiger partial charge in [-0.15, -0.1) is 0 Å². The first-order valence-electron chi connectivity index (χ1n) is 11.1. The van der Waals surface area contributed by atoms with Gasteiger partial charge in [-0.3, -0.25) is 9.69 Å². The van der Waals surface area contributed by atoms with E-state index in [1.54, 1.807) is 36.3 Å². The van der Waals surface area contributed by atoms with Crippen molar-refractivity contribution in [2.45, 2.75) is 19.0 Å². The third-order valence-electron chi connectivity index (χ3n) is 5.90. The van der Waals surface area contributed by atoms with Crippen LogP contribution in [0.15, 0.2) is 78.9 Å². The van der Waals surface area contributed by atoms with Gasteiger partial charge in [0.05, 0.1) is 18.1 Å². The van der Waals surface area contributed by atoms with Crippen LogP contribution in [-0.2, 0) is 17.8 Å². The van der Waals surface area contributed by atoms with Crippen LogP contribution < -0.4 is 20.3 Å². The van der Waals surface area contributed by atoms with E-state index in [2.05, 4.69) is 15.6 Å². The van der Waals surface area contributed by atoms with Crippen LogP contribution >= 0.6 is 0 Å². The average Bonchev–Trinajstić information content (AvgIpc) is 3.44. The van der Waals surface area contributed by atoms with Gasteiger partial charge in [0.2, 0.25) is 11.9 Å².